The third-order valence-corrected chi connectivity index (χ3v) is 7.54. The molecule has 1 aliphatic carbocycles. The molecular weight excluding hydrogens is 462 g/mol. The van der Waals surface area contributed by atoms with Gasteiger partial charge in [0.2, 0.25) is 5.91 Å². The Morgan fingerprint density at radius 1 is 0.946 bits per heavy atom. The first kappa shape index (κ1) is 28.7. The Morgan fingerprint density at radius 2 is 1.62 bits per heavy atom. The monoisotopic (exact) mass is 507 g/mol. The van der Waals surface area contributed by atoms with Crippen LogP contribution < -0.4 is 10.1 Å². The second-order valence-electron chi connectivity index (χ2n) is 11.5. The number of benzene rings is 2. The molecule has 0 spiro atoms. The first-order chi connectivity index (χ1) is 17.8. The Morgan fingerprint density at radius 3 is 2.24 bits per heavy atom. The van der Waals surface area contributed by atoms with E-state index < -0.39 is 12.0 Å². The van der Waals surface area contributed by atoms with Crippen LogP contribution in [0.3, 0.4) is 0 Å². The first-order valence-electron chi connectivity index (χ1n) is 13.9. The van der Waals surface area contributed by atoms with E-state index in [1.54, 1.807) is 0 Å². The van der Waals surface area contributed by atoms with Crippen LogP contribution in [0, 0.1) is 17.3 Å². The molecular formula is C32H45NO4. The molecule has 0 aromatic heterocycles. The van der Waals surface area contributed by atoms with Gasteiger partial charge in [0.1, 0.15) is 11.8 Å². The molecule has 0 bridgehead atoms. The van der Waals surface area contributed by atoms with Crippen molar-refractivity contribution in [2.45, 2.75) is 84.6 Å². The second-order valence-corrected chi connectivity index (χ2v) is 11.5. The van der Waals surface area contributed by atoms with Gasteiger partial charge in [0.25, 0.3) is 0 Å². The number of carbonyl (C=O) groups is 2. The van der Waals surface area contributed by atoms with Crippen LogP contribution in [0.2, 0.25) is 0 Å². The summed E-state index contributed by atoms with van der Waals surface area (Å²) in [6, 6.07) is 17.5. The lowest BCUT2D eigenvalue weighted by atomic mass is 9.77. The van der Waals surface area contributed by atoms with E-state index in [0.29, 0.717) is 12.3 Å². The fourth-order valence-electron chi connectivity index (χ4n) is 5.25. The largest absolute Gasteiger partial charge is 0.493 e. The predicted octanol–water partition coefficient (Wildman–Crippen LogP) is 6.53. The molecule has 5 heteroatoms. The Kier molecular flexibility index (Phi) is 11.0. The molecule has 1 N–H and O–H groups in total. The molecule has 0 heterocycles. The van der Waals surface area contributed by atoms with E-state index in [1.807, 2.05) is 42.5 Å². The van der Waals surface area contributed by atoms with Crippen LogP contribution >= 0.6 is 0 Å². The summed E-state index contributed by atoms with van der Waals surface area (Å²) >= 11 is 0. The summed E-state index contributed by atoms with van der Waals surface area (Å²) in [6.45, 7) is 7.01. The van der Waals surface area contributed by atoms with E-state index in [9.17, 15) is 9.59 Å². The summed E-state index contributed by atoms with van der Waals surface area (Å²) in [6.07, 6.45) is 9.41. The molecule has 5 nitrogen and oxygen atoms in total. The van der Waals surface area contributed by atoms with Crippen molar-refractivity contribution in [1.82, 2.24) is 5.32 Å². The fraction of sp³-hybridized carbons (Fsp3) is 0.562. The standard InChI is InChI=1S/C32H45NO4/c1-32(2,3)28(17-11-16-24-12-7-5-8-13-24)30(34)33-29(31(35)36-4)22-25-18-20-27(21-19-25)37-23-26-14-9-6-10-15-26/h5,7-8,12-13,18-21,26,28-29H,6,9-11,14-17,22-23H2,1-4H3,(H,33,34)/t28?,29-/m0/s1. The number of aryl methyl sites for hydroxylation is 1. The normalized spacial score (nSPS) is 16.0. The fourth-order valence-corrected chi connectivity index (χ4v) is 5.25. The van der Waals surface area contributed by atoms with Gasteiger partial charge in [-0.15, -0.1) is 0 Å². The number of hydrogen-bond acceptors (Lipinski definition) is 4. The maximum Gasteiger partial charge on any atom is 0.328 e. The second kappa shape index (κ2) is 14.2. The molecule has 1 amide bonds. The van der Waals surface area contributed by atoms with E-state index in [-0.39, 0.29) is 17.2 Å². The topological polar surface area (TPSA) is 64.6 Å². The summed E-state index contributed by atoms with van der Waals surface area (Å²) in [5.41, 5.74) is 2.00. The number of rotatable bonds is 12. The van der Waals surface area contributed by atoms with Gasteiger partial charge in [-0.2, -0.15) is 0 Å². The van der Waals surface area contributed by atoms with Gasteiger partial charge in [-0.3, -0.25) is 4.79 Å². The quantitative estimate of drug-likeness (QED) is 0.332. The van der Waals surface area contributed by atoms with Crippen LogP contribution in [0.5, 0.6) is 5.75 Å². The first-order valence-corrected chi connectivity index (χ1v) is 13.9. The van der Waals surface area contributed by atoms with Gasteiger partial charge in [0.15, 0.2) is 0 Å². The Balaban J connectivity index is 1.58. The van der Waals surface area contributed by atoms with E-state index in [0.717, 1.165) is 37.2 Å². The highest BCUT2D eigenvalue weighted by Gasteiger charge is 2.33. The molecule has 0 saturated heterocycles. The van der Waals surface area contributed by atoms with Gasteiger partial charge >= 0.3 is 5.97 Å². The molecule has 1 aliphatic rings. The van der Waals surface area contributed by atoms with Gasteiger partial charge in [-0.1, -0.05) is 82.5 Å². The van der Waals surface area contributed by atoms with E-state index in [4.69, 9.17) is 9.47 Å². The van der Waals surface area contributed by atoms with Crippen molar-refractivity contribution in [1.29, 1.82) is 0 Å². The zero-order valence-electron chi connectivity index (χ0n) is 23.1. The van der Waals surface area contributed by atoms with Crippen LogP contribution in [0.25, 0.3) is 0 Å². The summed E-state index contributed by atoms with van der Waals surface area (Å²) in [5, 5.41) is 3.01. The lowest BCUT2D eigenvalue weighted by molar-refractivity contribution is -0.146. The minimum Gasteiger partial charge on any atom is -0.493 e. The van der Waals surface area contributed by atoms with Crippen molar-refractivity contribution in [3.05, 3.63) is 65.7 Å². The lowest BCUT2D eigenvalue weighted by Crippen LogP contribution is -2.48. The molecule has 2 aromatic rings. The Bertz CT molecular complexity index is 959. The highest BCUT2D eigenvalue weighted by Crippen LogP contribution is 2.31. The zero-order valence-corrected chi connectivity index (χ0v) is 23.1. The van der Waals surface area contributed by atoms with Gasteiger partial charge in [0.05, 0.1) is 13.7 Å². The van der Waals surface area contributed by atoms with Gasteiger partial charge in [-0.05, 0) is 66.7 Å². The zero-order chi connectivity index (χ0) is 26.7. The van der Waals surface area contributed by atoms with Crippen LogP contribution in [0.15, 0.2) is 54.6 Å². The van der Waals surface area contributed by atoms with Gasteiger partial charge < -0.3 is 14.8 Å². The Labute approximate surface area is 223 Å². The number of amides is 1. The van der Waals surface area contributed by atoms with Crippen molar-refractivity contribution in [2.24, 2.45) is 17.3 Å². The number of carbonyl (C=O) groups excluding carboxylic acids is 2. The number of ether oxygens (including phenoxy) is 2. The SMILES string of the molecule is COC(=O)[C@H](Cc1ccc(OCC2CCCCC2)cc1)NC(=O)C(CCCc1ccccc1)C(C)(C)C. The third kappa shape index (κ3) is 9.53. The van der Waals surface area contributed by atoms with Crippen molar-refractivity contribution < 1.29 is 19.1 Å². The molecule has 1 fully saturated rings. The summed E-state index contributed by atoms with van der Waals surface area (Å²) in [4.78, 5) is 26.0. The smallest absolute Gasteiger partial charge is 0.328 e. The third-order valence-electron chi connectivity index (χ3n) is 7.54. The molecule has 3 rings (SSSR count). The molecule has 202 valence electrons. The van der Waals surface area contributed by atoms with Gasteiger partial charge in [0, 0.05) is 12.3 Å². The minimum atomic E-state index is -0.731. The highest BCUT2D eigenvalue weighted by molar-refractivity contribution is 5.86. The number of esters is 1. The molecule has 0 radical (unpaired) electrons. The van der Waals surface area contributed by atoms with E-state index in [2.05, 4.69) is 38.2 Å². The average Bonchev–Trinajstić information content (AvgIpc) is 2.90. The maximum atomic E-state index is 13.4. The van der Waals surface area contributed by atoms with E-state index >= 15 is 0 Å². The van der Waals surface area contributed by atoms with Crippen LogP contribution in [0.4, 0.5) is 0 Å². The van der Waals surface area contributed by atoms with Crippen LogP contribution in [-0.4, -0.2) is 31.6 Å². The average molecular weight is 508 g/mol. The lowest BCUT2D eigenvalue weighted by Gasteiger charge is -2.31. The molecule has 0 aliphatic heterocycles. The van der Waals surface area contributed by atoms with Crippen molar-refractivity contribution in [3.63, 3.8) is 0 Å². The summed E-state index contributed by atoms with van der Waals surface area (Å²) in [7, 11) is 1.37. The Hall–Kier alpha value is -2.82. The maximum absolute atomic E-state index is 13.4. The van der Waals surface area contributed by atoms with Crippen LogP contribution in [-0.2, 0) is 27.2 Å². The van der Waals surface area contributed by atoms with Crippen molar-refractivity contribution in [2.75, 3.05) is 13.7 Å². The minimum absolute atomic E-state index is 0.0941. The molecule has 1 unspecified atom stereocenters. The summed E-state index contributed by atoms with van der Waals surface area (Å²) < 4.78 is 11.1. The number of methoxy groups -OCH3 is 1. The van der Waals surface area contributed by atoms with Crippen molar-refractivity contribution in [3.8, 4) is 5.75 Å². The number of hydrogen-bond donors (Lipinski definition) is 1. The van der Waals surface area contributed by atoms with Crippen LogP contribution in [0.1, 0.15) is 76.8 Å². The van der Waals surface area contributed by atoms with Gasteiger partial charge in [-0.25, -0.2) is 4.79 Å². The number of nitrogens with one attached hydrogen (secondary N) is 1. The summed E-state index contributed by atoms with van der Waals surface area (Å²) in [5.74, 6) is 0.764. The molecule has 37 heavy (non-hydrogen) atoms. The van der Waals surface area contributed by atoms with E-state index in [1.165, 1.54) is 44.8 Å². The highest BCUT2D eigenvalue weighted by atomic mass is 16.5. The molecule has 1 saturated carbocycles. The molecule has 2 atom stereocenters. The molecule has 2 aromatic carbocycles. The van der Waals surface area contributed by atoms with Crippen molar-refractivity contribution >= 4 is 11.9 Å². The predicted molar refractivity (Wildman–Crippen MR) is 148 cm³/mol.